The number of allylic oxidation sites excluding steroid dienone is 3. The molecule has 0 aliphatic carbocycles. The standard InChI is InChI=1S/C22H20O/c1-3-5-11-17(4-2)22-20(18-12-7-6-8-13-18)16-19-14-9-10-15-21(19)23-22/h3-16,22H,2H2,1H3/b5-3-,17-11+. The number of hydrogen-bond donors (Lipinski definition) is 0. The van der Waals surface area contributed by atoms with E-state index in [1.54, 1.807) is 0 Å². The lowest BCUT2D eigenvalue weighted by atomic mass is 9.90. The van der Waals surface area contributed by atoms with Crippen molar-refractivity contribution in [2.24, 2.45) is 0 Å². The van der Waals surface area contributed by atoms with Crippen molar-refractivity contribution < 1.29 is 4.74 Å². The summed E-state index contributed by atoms with van der Waals surface area (Å²) in [5, 5.41) is 0. The fourth-order valence-electron chi connectivity index (χ4n) is 2.72. The Morgan fingerprint density at radius 3 is 2.52 bits per heavy atom. The van der Waals surface area contributed by atoms with Gasteiger partial charge in [-0.1, -0.05) is 79.4 Å². The van der Waals surface area contributed by atoms with Crippen molar-refractivity contribution >= 4 is 11.6 Å². The second-order valence-electron chi connectivity index (χ2n) is 5.40. The number of hydrogen-bond acceptors (Lipinski definition) is 1. The molecule has 1 atom stereocenters. The molecule has 2 aromatic carbocycles. The number of ether oxygens (including phenoxy) is 1. The fraction of sp³-hybridized carbons (Fsp3) is 0.0909. The Morgan fingerprint density at radius 1 is 1.04 bits per heavy atom. The molecule has 1 unspecified atom stereocenters. The zero-order chi connectivity index (χ0) is 16.1. The van der Waals surface area contributed by atoms with E-state index < -0.39 is 0 Å². The van der Waals surface area contributed by atoms with Crippen LogP contribution in [0.15, 0.2) is 91.1 Å². The summed E-state index contributed by atoms with van der Waals surface area (Å²) in [5.74, 6) is 0.908. The minimum atomic E-state index is -0.152. The van der Waals surface area contributed by atoms with Crippen LogP contribution in [0.3, 0.4) is 0 Å². The molecular weight excluding hydrogens is 280 g/mol. The van der Waals surface area contributed by atoms with E-state index >= 15 is 0 Å². The van der Waals surface area contributed by atoms with E-state index in [1.165, 1.54) is 5.56 Å². The summed E-state index contributed by atoms with van der Waals surface area (Å²) >= 11 is 0. The second kappa shape index (κ2) is 6.97. The van der Waals surface area contributed by atoms with Crippen molar-refractivity contribution in [2.45, 2.75) is 13.0 Å². The van der Waals surface area contributed by atoms with Gasteiger partial charge < -0.3 is 4.74 Å². The van der Waals surface area contributed by atoms with Crippen LogP contribution in [0, 0.1) is 0 Å². The van der Waals surface area contributed by atoms with E-state index in [-0.39, 0.29) is 6.10 Å². The van der Waals surface area contributed by atoms with Gasteiger partial charge in [0.25, 0.3) is 0 Å². The van der Waals surface area contributed by atoms with Crippen LogP contribution in [0.4, 0.5) is 0 Å². The van der Waals surface area contributed by atoms with E-state index in [4.69, 9.17) is 4.74 Å². The molecule has 1 heteroatoms. The maximum atomic E-state index is 6.31. The first-order valence-corrected chi connectivity index (χ1v) is 7.81. The van der Waals surface area contributed by atoms with Gasteiger partial charge in [0, 0.05) is 11.1 Å². The number of fused-ring (bicyclic) bond motifs is 1. The summed E-state index contributed by atoms with van der Waals surface area (Å²) in [6.45, 7) is 5.97. The molecule has 114 valence electrons. The average Bonchev–Trinajstić information content (AvgIpc) is 2.62. The predicted molar refractivity (Wildman–Crippen MR) is 98.3 cm³/mol. The lowest BCUT2D eigenvalue weighted by Gasteiger charge is -2.28. The third-order valence-corrected chi connectivity index (χ3v) is 3.88. The van der Waals surface area contributed by atoms with Crippen molar-refractivity contribution in [3.8, 4) is 5.75 Å². The van der Waals surface area contributed by atoms with Crippen LogP contribution in [0.2, 0.25) is 0 Å². The summed E-state index contributed by atoms with van der Waals surface area (Å²) in [6.07, 6.45) is 10.0. The molecule has 0 saturated heterocycles. The van der Waals surface area contributed by atoms with Crippen molar-refractivity contribution in [3.05, 3.63) is 102 Å². The summed E-state index contributed by atoms with van der Waals surface area (Å²) in [6, 6.07) is 18.5. The van der Waals surface area contributed by atoms with Gasteiger partial charge in [0.2, 0.25) is 0 Å². The zero-order valence-electron chi connectivity index (χ0n) is 13.3. The van der Waals surface area contributed by atoms with Crippen LogP contribution in [0.1, 0.15) is 18.1 Å². The molecule has 1 aliphatic heterocycles. The normalized spacial score (nSPS) is 17.3. The van der Waals surface area contributed by atoms with Gasteiger partial charge in [-0.25, -0.2) is 0 Å². The maximum Gasteiger partial charge on any atom is 0.149 e. The molecule has 0 amide bonds. The smallest absolute Gasteiger partial charge is 0.149 e. The van der Waals surface area contributed by atoms with Gasteiger partial charge in [-0.15, -0.1) is 0 Å². The molecule has 0 fully saturated rings. The largest absolute Gasteiger partial charge is 0.480 e. The second-order valence-corrected chi connectivity index (χ2v) is 5.40. The molecule has 0 aromatic heterocycles. The monoisotopic (exact) mass is 300 g/mol. The molecule has 23 heavy (non-hydrogen) atoms. The summed E-state index contributed by atoms with van der Waals surface area (Å²) < 4.78 is 6.31. The molecule has 1 aliphatic rings. The van der Waals surface area contributed by atoms with E-state index in [9.17, 15) is 0 Å². The molecule has 1 nitrogen and oxygen atoms in total. The highest BCUT2D eigenvalue weighted by Crippen LogP contribution is 2.37. The van der Waals surface area contributed by atoms with Crippen LogP contribution in [0.5, 0.6) is 5.75 Å². The van der Waals surface area contributed by atoms with Crippen LogP contribution in [-0.2, 0) is 0 Å². The molecule has 0 bridgehead atoms. The van der Waals surface area contributed by atoms with E-state index in [1.807, 2.05) is 49.4 Å². The molecule has 0 saturated carbocycles. The summed E-state index contributed by atoms with van der Waals surface area (Å²) in [7, 11) is 0. The van der Waals surface area contributed by atoms with Gasteiger partial charge in [0.15, 0.2) is 0 Å². The van der Waals surface area contributed by atoms with Gasteiger partial charge in [-0.2, -0.15) is 0 Å². The summed E-state index contributed by atoms with van der Waals surface area (Å²) in [4.78, 5) is 0. The number of para-hydroxylation sites is 1. The molecule has 3 rings (SSSR count). The third kappa shape index (κ3) is 3.19. The van der Waals surface area contributed by atoms with Gasteiger partial charge >= 0.3 is 0 Å². The van der Waals surface area contributed by atoms with Gasteiger partial charge in [0.1, 0.15) is 11.9 Å². The quantitative estimate of drug-likeness (QED) is 0.660. The van der Waals surface area contributed by atoms with E-state index in [0.717, 1.165) is 22.5 Å². The molecule has 0 radical (unpaired) electrons. The topological polar surface area (TPSA) is 9.23 Å². The highest BCUT2D eigenvalue weighted by atomic mass is 16.5. The van der Waals surface area contributed by atoms with Gasteiger partial charge in [-0.05, 0) is 30.2 Å². The fourth-order valence-corrected chi connectivity index (χ4v) is 2.72. The Kier molecular flexibility index (Phi) is 4.58. The van der Waals surface area contributed by atoms with E-state index in [2.05, 4.69) is 49.1 Å². The first-order chi connectivity index (χ1) is 11.3. The van der Waals surface area contributed by atoms with Gasteiger partial charge in [0.05, 0.1) is 0 Å². The number of rotatable bonds is 4. The van der Waals surface area contributed by atoms with Crippen molar-refractivity contribution in [2.75, 3.05) is 0 Å². The average molecular weight is 300 g/mol. The van der Waals surface area contributed by atoms with Crippen LogP contribution >= 0.6 is 0 Å². The predicted octanol–water partition coefficient (Wildman–Crippen LogP) is 5.68. The first kappa shape index (κ1) is 15.1. The lowest BCUT2D eigenvalue weighted by Crippen LogP contribution is -2.23. The Morgan fingerprint density at radius 2 is 1.78 bits per heavy atom. The SMILES string of the molecule is C=C/C(=C\C=C/C)C1Oc2ccccc2C=C1c1ccccc1. The summed E-state index contributed by atoms with van der Waals surface area (Å²) in [5.41, 5.74) is 4.48. The zero-order valence-corrected chi connectivity index (χ0v) is 13.3. The Bertz CT molecular complexity index is 779. The molecule has 2 aromatic rings. The van der Waals surface area contributed by atoms with Crippen LogP contribution < -0.4 is 4.74 Å². The van der Waals surface area contributed by atoms with Crippen molar-refractivity contribution in [3.63, 3.8) is 0 Å². The molecule has 0 spiro atoms. The highest BCUT2D eigenvalue weighted by Gasteiger charge is 2.25. The maximum absolute atomic E-state index is 6.31. The Hall–Kier alpha value is -2.80. The minimum Gasteiger partial charge on any atom is -0.480 e. The van der Waals surface area contributed by atoms with Crippen LogP contribution in [-0.4, -0.2) is 6.10 Å². The molecule has 1 heterocycles. The van der Waals surface area contributed by atoms with Gasteiger partial charge in [-0.3, -0.25) is 0 Å². The first-order valence-electron chi connectivity index (χ1n) is 7.81. The van der Waals surface area contributed by atoms with Crippen LogP contribution in [0.25, 0.3) is 11.6 Å². The Labute approximate surface area is 137 Å². The van der Waals surface area contributed by atoms with E-state index in [0.29, 0.717) is 0 Å². The van der Waals surface area contributed by atoms with Crippen molar-refractivity contribution in [1.29, 1.82) is 0 Å². The highest BCUT2D eigenvalue weighted by molar-refractivity contribution is 5.89. The number of benzene rings is 2. The Balaban J connectivity index is 2.13. The minimum absolute atomic E-state index is 0.152. The third-order valence-electron chi connectivity index (χ3n) is 3.88. The molecule has 0 N–H and O–H groups in total. The lowest BCUT2D eigenvalue weighted by molar-refractivity contribution is 0.293. The molecular formula is C22H20O. The van der Waals surface area contributed by atoms with Crippen molar-refractivity contribution in [1.82, 2.24) is 0 Å².